The Bertz CT molecular complexity index is 848. The van der Waals surface area contributed by atoms with Crippen LogP contribution in [-0.2, 0) is 22.7 Å². The number of aromatic nitrogens is 2. The first-order chi connectivity index (χ1) is 11.8. The van der Waals surface area contributed by atoms with Gasteiger partial charge in [0.25, 0.3) is 17.4 Å². The molecule has 132 valence electrons. The van der Waals surface area contributed by atoms with Gasteiger partial charge in [-0.25, -0.2) is 0 Å². The second-order valence-electron chi connectivity index (χ2n) is 6.01. The molecule has 0 radical (unpaired) electrons. The largest absolute Gasteiger partial charge is 0.466 e. The zero-order valence-electron chi connectivity index (χ0n) is 14.2. The van der Waals surface area contributed by atoms with Gasteiger partial charge in [0.05, 0.1) is 11.4 Å². The van der Waals surface area contributed by atoms with Crippen molar-refractivity contribution in [1.29, 1.82) is 0 Å². The standard InChI is InChI=1S/C17H19ClN4O3/c1-4-22-9-11(10(2)21-22)8-19-15(23)17(3)16(24)20-13-7-12(18)5-6-14(13)25-17/h5-7,9H,4,8H2,1-3H3,(H,19,23)(H,20,24). The Morgan fingerprint density at radius 2 is 2.24 bits per heavy atom. The number of benzene rings is 1. The van der Waals surface area contributed by atoms with Gasteiger partial charge in [-0.3, -0.25) is 14.3 Å². The van der Waals surface area contributed by atoms with E-state index in [1.807, 2.05) is 20.0 Å². The van der Waals surface area contributed by atoms with Gasteiger partial charge in [0.1, 0.15) is 5.75 Å². The maximum atomic E-state index is 12.6. The molecular formula is C17H19ClN4O3. The molecule has 2 heterocycles. The van der Waals surface area contributed by atoms with E-state index in [-0.39, 0.29) is 6.54 Å². The summed E-state index contributed by atoms with van der Waals surface area (Å²) in [5.74, 6) is -0.661. The van der Waals surface area contributed by atoms with Gasteiger partial charge in [-0.05, 0) is 39.0 Å². The summed E-state index contributed by atoms with van der Waals surface area (Å²) in [6.45, 7) is 6.32. The topological polar surface area (TPSA) is 85.3 Å². The molecule has 1 unspecified atom stereocenters. The first-order valence-electron chi connectivity index (χ1n) is 7.94. The molecule has 0 saturated heterocycles. The molecule has 1 aromatic heterocycles. The summed E-state index contributed by atoms with van der Waals surface area (Å²) in [7, 11) is 0. The molecule has 0 fully saturated rings. The number of ether oxygens (including phenoxy) is 1. The summed E-state index contributed by atoms with van der Waals surface area (Å²) < 4.78 is 7.48. The van der Waals surface area contributed by atoms with Crippen molar-refractivity contribution in [2.45, 2.75) is 39.5 Å². The molecule has 0 saturated carbocycles. The van der Waals surface area contributed by atoms with Gasteiger partial charge in [0, 0.05) is 29.9 Å². The number of rotatable bonds is 4. The van der Waals surface area contributed by atoms with E-state index in [1.165, 1.54) is 6.92 Å². The Hall–Kier alpha value is -2.54. The third kappa shape index (κ3) is 3.19. The summed E-state index contributed by atoms with van der Waals surface area (Å²) in [6.07, 6.45) is 1.87. The Balaban J connectivity index is 1.75. The van der Waals surface area contributed by atoms with E-state index < -0.39 is 17.4 Å². The van der Waals surface area contributed by atoms with E-state index in [1.54, 1.807) is 22.9 Å². The van der Waals surface area contributed by atoms with Crippen molar-refractivity contribution in [2.24, 2.45) is 0 Å². The van der Waals surface area contributed by atoms with Crippen molar-refractivity contribution in [3.05, 3.63) is 40.7 Å². The van der Waals surface area contributed by atoms with Crippen molar-refractivity contribution < 1.29 is 14.3 Å². The first-order valence-corrected chi connectivity index (χ1v) is 8.32. The molecular weight excluding hydrogens is 344 g/mol. The van der Waals surface area contributed by atoms with Gasteiger partial charge >= 0.3 is 0 Å². The van der Waals surface area contributed by atoms with Crippen LogP contribution < -0.4 is 15.4 Å². The lowest BCUT2D eigenvalue weighted by atomic mass is 10.0. The molecule has 2 amide bonds. The summed E-state index contributed by atoms with van der Waals surface area (Å²) in [6, 6.07) is 4.84. The summed E-state index contributed by atoms with van der Waals surface area (Å²) >= 11 is 5.91. The van der Waals surface area contributed by atoms with Gasteiger partial charge in [0.2, 0.25) is 0 Å². The van der Waals surface area contributed by atoms with Crippen molar-refractivity contribution in [2.75, 3.05) is 5.32 Å². The van der Waals surface area contributed by atoms with E-state index in [2.05, 4.69) is 15.7 Å². The van der Waals surface area contributed by atoms with Crippen LogP contribution >= 0.6 is 11.6 Å². The lowest BCUT2D eigenvalue weighted by Crippen LogP contribution is -2.58. The van der Waals surface area contributed by atoms with Gasteiger partial charge < -0.3 is 15.4 Å². The van der Waals surface area contributed by atoms with E-state index in [4.69, 9.17) is 16.3 Å². The molecule has 3 rings (SSSR count). The fourth-order valence-corrected chi connectivity index (χ4v) is 2.76. The molecule has 0 bridgehead atoms. The van der Waals surface area contributed by atoms with Crippen LogP contribution in [-0.4, -0.2) is 27.2 Å². The van der Waals surface area contributed by atoms with E-state index in [0.29, 0.717) is 16.5 Å². The first kappa shape index (κ1) is 17.3. The normalized spacial score (nSPS) is 19.0. The lowest BCUT2D eigenvalue weighted by Gasteiger charge is -2.33. The van der Waals surface area contributed by atoms with Crippen LogP contribution in [0.15, 0.2) is 24.4 Å². The van der Waals surface area contributed by atoms with Gasteiger partial charge in [0.15, 0.2) is 0 Å². The molecule has 1 aromatic carbocycles. The highest BCUT2D eigenvalue weighted by Gasteiger charge is 2.47. The molecule has 0 spiro atoms. The van der Waals surface area contributed by atoms with E-state index in [9.17, 15) is 9.59 Å². The minimum atomic E-state index is -1.66. The van der Waals surface area contributed by atoms with Crippen LogP contribution in [0.2, 0.25) is 5.02 Å². The average molecular weight is 363 g/mol. The molecule has 8 heteroatoms. The van der Waals surface area contributed by atoms with Crippen LogP contribution in [0.3, 0.4) is 0 Å². The molecule has 7 nitrogen and oxygen atoms in total. The quantitative estimate of drug-likeness (QED) is 0.817. The van der Waals surface area contributed by atoms with Crippen molar-refractivity contribution in [3.63, 3.8) is 0 Å². The van der Waals surface area contributed by atoms with E-state index in [0.717, 1.165) is 17.8 Å². The molecule has 2 aromatic rings. The number of nitrogens with zero attached hydrogens (tertiary/aromatic N) is 2. The van der Waals surface area contributed by atoms with Gasteiger partial charge in [-0.15, -0.1) is 0 Å². The predicted molar refractivity (Wildman–Crippen MR) is 93.6 cm³/mol. The lowest BCUT2D eigenvalue weighted by molar-refractivity contribution is -0.146. The zero-order valence-corrected chi connectivity index (χ0v) is 15.0. The predicted octanol–water partition coefficient (Wildman–Crippen LogP) is 2.27. The summed E-state index contributed by atoms with van der Waals surface area (Å²) in [4.78, 5) is 25.0. The Kier molecular flexibility index (Phi) is 4.43. The number of carbonyl (C=O) groups is 2. The number of nitrogens with one attached hydrogen (secondary N) is 2. The highest BCUT2D eigenvalue weighted by molar-refractivity contribution is 6.31. The smallest absolute Gasteiger partial charge is 0.278 e. The fourth-order valence-electron chi connectivity index (χ4n) is 2.58. The van der Waals surface area contributed by atoms with Crippen molar-refractivity contribution in [3.8, 4) is 5.75 Å². The average Bonchev–Trinajstić information content (AvgIpc) is 2.94. The number of hydrogen-bond acceptors (Lipinski definition) is 4. The highest BCUT2D eigenvalue weighted by Crippen LogP contribution is 2.35. The summed E-state index contributed by atoms with van der Waals surface area (Å²) in [5.41, 5.74) is 0.515. The summed E-state index contributed by atoms with van der Waals surface area (Å²) in [5, 5.41) is 10.2. The molecule has 1 aliphatic heterocycles. The maximum absolute atomic E-state index is 12.6. The Labute approximate surface area is 150 Å². The Morgan fingerprint density at radius 3 is 2.92 bits per heavy atom. The zero-order chi connectivity index (χ0) is 18.2. The number of aryl methyl sites for hydroxylation is 2. The number of halogens is 1. The second kappa shape index (κ2) is 6.40. The number of anilines is 1. The van der Waals surface area contributed by atoms with Crippen LogP contribution in [0.4, 0.5) is 5.69 Å². The number of amides is 2. The van der Waals surface area contributed by atoms with Crippen LogP contribution in [0, 0.1) is 6.92 Å². The SMILES string of the molecule is CCn1cc(CNC(=O)C2(C)Oc3ccc(Cl)cc3NC2=O)c(C)n1. The monoisotopic (exact) mass is 362 g/mol. The third-order valence-electron chi connectivity index (χ3n) is 4.18. The number of fused-ring (bicyclic) bond motifs is 1. The fraction of sp³-hybridized carbons (Fsp3) is 0.353. The maximum Gasteiger partial charge on any atom is 0.278 e. The van der Waals surface area contributed by atoms with E-state index >= 15 is 0 Å². The van der Waals surface area contributed by atoms with Crippen molar-refractivity contribution >= 4 is 29.1 Å². The minimum absolute atomic E-state index is 0.268. The Morgan fingerprint density at radius 1 is 1.48 bits per heavy atom. The number of hydrogen-bond donors (Lipinski definition) is 2. The highest BCUT2D eigenvalue weighted by atomic mass is 35.5. The molecule has 0 aliphatic carbocycles. The van der Waals surface area contributed by atoms with Crippen molar-refractivity contribution in [1.82, 2.24) is 15.1 Å². The van der Waals surface area contributed by atoms with Crippen LogP contribution in [0.25, 0.3) is 0 Å². The number of carbonyl (C=O) groups excluding carboxylic acids is 2. The molecule has 2 N–H and O–H groups in total. The van der Waals surface area contributed by atoms with Crippen LogP contribution in [0.1, 0.15) is 25.1 Å². The van der Waals surface area contributed by atoms with Gasteiger partial charge in [-0.1, -0.05) is 11.6 Å². The third-order valence-corrected chi connectivity index (χ3v) is 4.42. The van der Waals surface area contributed by atoms with Crippen LogP contribution in [0.5, 0.6) is 5.75 Å². The second-order valence-corrected chi connectivity index (χ2v) is 6.44. The molecule has 25 heavy (non-hydrogen) atoms. The minimum Gasteiger partial charge on any atom is -0.466 e. The van der Waals surface area contributed by atoms with Gasteiger partial charge in [-0.2, -0.15) is 5.10 Å². The molecule has 1 aliphatic rings. The molecule has 1 atom stereocenters.